The molecule has 1 heterocycles. The number of aromatic amines is 1. The second-order valence-electron chi connectivity index (χ2n) is 2.55. The van der Waals surface area contributed by atoms with Crippen LogP contribution in [-0.2, 0) is 4.74 Å². The summed E-state index contributed by atoms with van der Waals surface area (Å²) in [4.78, 5) is 24.7. The molecule has 1 N–H and O–H groups in total. The van der Waals surface area contributed by atoms with Crippen molar-refractivity contribution in [3.05, 3.63) is 31.2 Å². The number of nitrogens with one attached hydrogen (secondary N) is 1. The molecule has 0 aromatic carbocycles. The van der Waals surface area contributed by atoms with Gasteiger partial charge in [0, 0.05) is 6.20 Å². The molecule has 0 saturated heterocycles. The van der Waals surface area contributed by atoms with Crippen LogP contribution in [0.15, 0.2) is 11.0 Å². The van der Waals surface area contributed by atoms with Gasteiger partial charge in [0.05, 0.1) is 16.2 Å². The van der Waals surface area contributed by atoms with Crippen LogP contribution in [0, 0.1) is 3.57 Å². The number of alkyl halides is 2. The smallest absolute Gasteiger partial charge is 0.355 e. The molecule has 82 valence electrons. The fourth-order valence-electron chi connectivity index (χ4n) is 1.00. The highest BCUT2D eigenvalue weighted by Crippen LogP contribution is 2.19. The Morgan fingerprint density at radius 2 is 2.20 bits per heavy atom. The average Bonchev–Trinajstić information content (AvgIpc) is 2.20. The summed E-state index contributed by atoms with van der Waals surface area (Å²) in [5.74, 6) is -0.987. The summed E-state index contributed by atoms with van der Waals surface area (Å²) in [6.07, 6.45) is -1.83. The second kappa shape index (κ2) is 4.69. The molecule has 0 radical (unpaired) electrons. The molecule has 1 aromatic heterocycles. The number of carbonyl (C=O) groups is 1. The van der Waals surface area contributed by atoms with Gasteiger partial charge in [-0.3, -0.25) is 4.79 Å². The molecule has 0 aliphatic rings. The van der Waals surface area contributed by atoms with Crippen LogP contribution >= 0.6 is 22.6 Å². The molecular weight excluding hydrogens is 323 g/mol. The van der Waals surface area contributed by atoms with E-state index in [4.69, 9.17) is 0 Å². The second-order valence-corrected chi connectivity index (χ2v) is 3.71. The zero-order valence-corrected chi connectivity index (χ0v) is 9.67. The molecule has 0 bridgehead atoms. The number of hydrogen-bond acceptors (Lipinski definition) is 3. The molecule has 15 heavy (non-hydrogen) atoms. The van der Waals surface area contributed by atoms with Gasteiger partial charge in [-0.1, -0.05) is 0 Å². The van der Waals surface area contributed by atoms with Crippen molar-refractivity contribution < 1.29 is 18.3 Å². The number of carbonyl (C=O) groups excluding carboxylic acids is 1. The van der Waals surface area contributed by atoms with Gasteiger partial charge in [-0.25, -0.2) is 13.6 Å². The van der Waals surface area contributed by atoms with Crippen molar-refractivity contribution in [1.82, 2.24) is 4.98 Å². The maximum Gasteiger partial charge on any atom is 0.355 e. The van der Waals surface area contributed by atoms with Gasteiger partial charge in [-0.05, 0) is 22.6 Å². The SMILES string of the molecule is COC(=O)c1[nH]cc(I)c(=O)c1C(F)F. The van der Waals surface area contributed by atoms with E-state index in [9.17, 15) is 18.4 Å². The van der Waals surface area contributed by atoms with Crippen LogP contribution in [0.1, 0.15) is 22.5 Å². The number of H-pyrrole nitrogens is 1. The predicted octanol–water partition coefficient (Wildman–Crippen LogP) is 1.70. The average molecular weight is 329 g/mol. The molecular formula is C8H6F2INO3. The molecule has 1 rings (SSSR count). The molecule has 1 aromatic rings. The minimum Gasteiger partial charge on any atom is -0.464 e. The maximum absolute atomic E-state index is 12.5. The molecule has 0 unspecified atom stereocenters. The number of ether oxygens (including phenoxy) is 1. The van der Waals surface area contributed by atoms with Gasteiger partial charge in [0.1, 0.15) is 5.69 Å². The van der Waals surface area contributed by atoms with Crippen molar-refractivity contribution in [3.8, 4) is 0 Å². The monoisotopic (exact) mass is 329 g/mol. The topological polar surface area (TPSA) is 59.2 Å². The van der Waals surface area contributed by atoms with Gasteiger partial charge in [-0.15, -0.1) is 0 Å². The molecule has 0 fully saturated rings. The van der Waals surface area contributed by atoms with Crippen LogP contribution in [0.25, 0.3) is 0 Å². The Hall–Kier alpha value is -0.990. The van der Waals surface area contributed by atoms with Gasteiger partial charge in [0.25, 0.3) is 6.43 Å². The van der Waals surface area contributed by atoms with Gasteiger partial charge < -0.3 is 9.72 Å². The van der Waals surface area contributed by atoms with E-state index in [0.29, 0.717) is 0 Å². The Balaban J connectivity index is 3.47. The summed E-state index contributed by atoms with van der Waals surface area (Å²) in [5.41, 5.74) is -2.21. The molecule has 0 amide bonds. The lowest BCUT2D eigenvalue weighted by atomic mass is 10.2. The normalized spacial score (nSPS) is 10.5. The number of pyridine rings is 1. The third kappa shape index (κ3) is 2.33. The first-order valence-corrected chi connectivity index (χ1v) is 4.84. The van der Waals surface area contributed by atoms with E-state index in [-0.39, 0.29) is 3.57 Å². The van der Waals surface area contributed by atoms with E-state index in [1.807, 2.05) is 0 Å². The minimum absolute atomic E-state index is 0.0931. The molecule has 0 atom stereocenters. The quantitative estimate of drug-likeness (QED) is 0.664. The molecule has 0 saturated carbocycles. The van der Waals surface area contributed by atoms with Crippen LogP contribution < -0.4 is 5.43 Å². The summed E-state index contributed by atoms with van der Waals surface area (Å²) in [5, 5.41) is 0. The third-order valence-electron chi connectivity index (χ3n) is 1.68. The Morgan fingerprint density at radius 1 is 1.60 bits per heavy atom. The lowest BCUT2D eigenvalue weighted by molar-refractivity contribution is 0.0581. The van der Waals surface area contributed by atoms with Gasteiger partial charge >= 0.3 is 5.97 Å². The van der Waals surface area contributed by atoms with E-state index in [1.54, 1.807) is 22.6 Å². The van der Waals surface area contributed by atoms with Crippen molar-refractivity contribution in [2.45, 2.75) is 6.43 Å². The lowest BCUT2D eigenvalue weighted by Gasteiger charge is -2.06. The van der Waals surface area contributed by atoms with Crippen molar-refractivity contribution in [2.75, 3.05) is 7.11 Å². The van der Waals surface area contributed by atoms with E-state index in [0.717, 1.165) is 7.11 Å². The van der Waals surface area contributed by atoms with Gasteiger partial charge in [0.2, 0.25) is 5.43 Å². The molecule has 4 nitrogen and oxygen atoms in total. The first kappa shape index (κ1) is 12.1. The minimum atomic E-state index is -3.02. The lowest BCUT2D eigenvalue weighted by Crippen LogP contribution is -2.20. The molecule has 7 heteroatoms. The summed E-state index contributed by atoms with van der Waals surface area (Å²) >= 11 is 1.61. The fraction of sp³-hybridized carbons (Fsp3) is 0.250. The number of rotatable bonds is 2. The Labute approximate surface area is 96.8 Å². The maximum atomic E-state index is 12.5. The predicted molar refractivity (Wildman–Crippen MR) is 56.1 cm³/mol. The van der Waals surface area contributed by atoms with Crippen LogP contribution in [0.2, 0.25) is 0 Å². The zero-order valence-electron chi connectivity index (χ0n) is 7.51. The number of esters is 1. The summed E-state index contributed by atoms with van der Waals surface area (Å²) in [7, 11) is 1.05. The Kier molecular flexibility index (Phi) is 3.77. The first-order chi connectivity index (χ1) is 6.99. The molecule has 0 aliphatic carbocycles. The van der Waals surface area contributed by atoms with E-state index in [2.05, 4.69) is 9.72 Å². The Bertz CT molecular complexity index is 444. The van der Waals surface area contributed by atoms with Crippen LogP contribution in [0.3, 0.4) is 0 Å². The van der Waals surface area contributed by atoms with Gasteiger partial charge in [-0.2, -0.15) is 0 Å². The van der Waals surface area contributed by atoms with Crippen molar-refractivity contribution in [1.29, 1.82) is 0 Å². The number of hydrogen-bond donors (Lipinski definition) is 1. The summed E-state index contributed by atoms with van der Waals surface area (Å²) in [6.45, 7) is 0. The summed E-state index contributed by atoms with van der Waals surface area (Å²) < 4.78 is 29.4. The number of aromatic nitrogens is 1. The van der Waals surface area contributed by atoms with E-state index >= 15 is 0 Å². The van der Waals surface area contributed by atoms with Crippen LogP contribution in [0.4, 0.5) is 8.78 Å². The number of methoxy groups -OCH3 is 1. The van der Waals surface area contributed by atoms with E-state index < -0.39 is 29.1 Å². The van der Waals surface area contributed by atoms with Crippen molar-refractivity contribution in [3.63, 3.8) is 0 Å². The largest absolute Gasteiger partial charge is 0.464 e. The first-order valence-electron chi connectivity index (χ1n) is 3.76. The van der Waals surface area contributed by atoms with Crippen molar-refractivity contribution >= 4 is 28.6 Å². The highest BCUT2D eigenvalue weighted by Gasteiger charge is 2.24. The highest BCUT2D eigenvalue weighted by atomic mass is 127. The highest BCUT2D eigenvalue weighted by molar-refractivity contribution is 14.1. The summed E-state index contributed by atoms with van der Waals surface area (Å²) in [6, 6.07) is 0. The Morgan fingerprint density at radius 3 is 2.67 bits per heavy atom. The van der Waals surface area contributed by atoms with Crippen LogP contribution in [0.5, 0.6) is 0 Å². The number of halogens is 3. The van der Waals surface area contributed by atoms with Crippen molar-refractivity contribution in [2.24, 2.45) is 0 Å². The van der Waals surface area contributed by atoms with Gasteiger partial charge in [0.15, 0.2) is 0 Å². The fourth-order valence-corrected chi connectivity index (χ4v) is 1.45. The van der Waals surface area contributed by atoms with E-state index in [1.165, 1.54) is 6.20 Å². The third-order valence-corrected chi connectivity index (χ3v) is 2.48. The van der Waals surface area contributed by atoms with Crippen LogP contribution in [-0.4, -0.2) is 18.1 Å². The zero-order chi connectivity index (χ0) is 11.6. The molecule has 0 spiro atoms. The standard InChI is InChI=1S/C8H6F2INO3/c1-15-8(14)5-4(7(9)10)6(13)3(11)2-12-5/h2,7H,1H3,(H,12,13). The molecule has 0 aliphatic heterocycles.